The average molecular weight is 254 g/mol. The Labute approximate surface area is 110 Å². The number of carbonyl (C=O) groups excluding carboxylic acids is 2. The minimum absolute atomic E-state index is 0.0573. The maximum atomic E-state index is 12.1. The Morgan fingerprint density at radius 1 is 1.16 bits per heavy atom. The molecule has 19 heavy (non-hydrogen) atoms. The molecular weight excluding hydrogens is 240 g/mol. The van der Waals surface area contributed by atoms with Gasteiger partial charge in [-0.2, -0.15) is 0 Å². The Morgan fingerprint density at radius 2 is 1.95 bits per heavy atom. The second-order valence-corrected chi connectivity index (χ2v) is 4.72. The molecule has 0 aliphatic carbocycles. The van der Waals surface area contributed by atoms with Crippen molar-refractivity contribution in [2.24, 2.45) is 5.92 Å². The number of benzene rings is 2. The maximum absolute atomic E-state index is 12.1. The Hall–Kier alpha value is -2.36. The molecule has 1 unspecified atom stereocenters. The standard InChI is InChI=1S/C15H14N2O2/c18-14-8-11(9-16-14)15(19)17-13-7-3-5-10-4-1-2-6-12(10)13/h1-7,11H,8-9H2,(H,16,18)(H,17,19). The van der Waals surface area contributed by atoms with Crippen molar-refractivity contribution in [3.63, 3.8) is 0 Å². The van der Waals surface area contributed by atoms with E-state index in [1.54, 1.807) is 0 Å². The van der Waals surface area contributed by atoms with Crippen molar-refractivity contribution in [3.05, 3.63) is 42.5 Å². The van der Waals surface area contributed by atoms with Crippen LogP contribution in [0.5, 0.6) is 0 Å². The van der Waals surface area contributed by atoms with Gasteiger partial charge in [-0.25, -0.2) is 0 Å². The van der Waals surface area contributed by atoms with Gasteiger partial charge in [0.15, 0.2) is 0 Å². The Bertz CT molecular complexity index is 646. The summed E-state index contributed by atoms with van der Waals surface area (Å²) in [5.74, 6) is -0.431. The molecule has 3 rings (SSSR count). The minimum atomic E-state index is -0.272. The molecule has 0 saturated carbocycles. The number of carbonyl (C=O) groups is 2. The molecule has 2 amide bonds. The second-order valence-electron chi connectivity index (χ2n) is 4.72. The van der Waals surface area contributed by atoms with E-state index in [-0.39, 0.29) is 24.2 Å². The first-order valence-corrected chi connectivity index (χ1v) is 6.29. The predicted octanol–water partition coefficient (Wildman–Crippen LogP) is 1.91. The predicted molar refractivity (Wildman–Crippen MR) is 73.7 cm³/mol. The van der Waals surface area contributed by atoms with Crippen LogP contribution in [0.1, 0.15) is 6.42 Å². The molecule has 0 aromatic heterocycles. The first-order chi connectivity index (χ1) is 9.24. The lowest BCUT2D eigenvalue weighted by Crippen LogP contribution is -2.24. The topological polar surface area (TPSA) is 58.2 Å². The van der Waals surface area contributed by atoms with E-state index >= 15 is 0 Å². The third-order valence-corrected chi connectivity index (χ3v) is 3.40. The molecule has 4 nitrogen and oxygen atoms in total. The first-order valence-electron chi connectivity index (χ1n) is 6.29. The second kappa shape index (κ2) is 4.72. The van der Waals surface area contributed by atoms with Crippen LogP contribution in [-0.2, 0) is 9.59 Å². The Balaban J connectivity index is 1.85. The van der Waals surface area contributed by atoms with Crippen LogP contribution in [0.4, 0.5) is 5.69 Å². The van der Waals surface area contributed by atoms with Gasteiger partial charge in [0.25, 0.3) is 0 Å². The largest absolute Gasteiger partial charge is 0.355 e. The molecule has 2 N–H and O–H groups in total. The van der Waals surface area contributed by atoms with Gasteiger partial charge in [0.2, 0.25) is 11.8 Å². The molecule has 1 aliphatic heterocycles. The quantitative estimate of drug-likeness (QED) is 0.860. The van der Waals surface area contributed by atoms with E-state index < -0.39 is 0 Å². The Kier molecular flexibility index (Phi) is 2.91. The van der Waals surface area contributed by atoms with E-state index in [9.17, 15) is 9.59 Å². The summed E-state index contributed by atoms with van der Waals surface area (Å²) in [6, 6.07) is 13.7. The average Bonchev–Trinajstić information content (AvgIpc) is 2.86. The van der Waals surface area contributed by atoms with Crippen molar-refractivity contribution in [2.75, 3.05) is 11.9 Å². The summed E-state index contributed by atoms with van der Waals surface area (Å²) >= 11 is 0. The third-order valence-electron chi connectivity index (χ3n) is 3.40. The lowest BCUT2D eigenvalue weighted by molar-refractivity contribution is -0.123. The van der Waals surface area contributed by atoms with E-state index in [0.717, 1.165) is 16.5 Å². The highest BCUT2D eigenvalue weighted by atomic mass is 16.2. The van der Waals surface area contributed by atoms with E-state index in [0.29, 0.717) is 6.54 Å². The molecule has 1 heterocycles. The van der Waals surface area contributed by atoms with Crippen LogP contribution in [-0.4, -0.2) is 18.4 Å². The van der Waals surface area contributed by atoms with Gasteiger partial charge in [-0.1, -0.05) is 36.4 Å². The molecule has 1 saturated heterocycles. The van der Waals surface area contributed by atoms with Crippen molar-refractivity contribution in [1.29, 1.82) is 0 Å². The lowest BCUT2D eigenvalue weighted by Gasteiger charge is -2.11. The van der Waals surface area contributed by atoms with E-state index in [1.807, 2.05) is 42.5 Å². The smallest absolute Gasteiger partial charge is 0.229 e. The normalized spacial score (nSPS) is 18.3. The fourth-order valence-electron chi connectivity index (χ4n) is 2.36. The van der Waals surface area contributed by atoms with Gasteiger partial charge in [-0.15, -0.1) is 0 Å². The molecule has 0 spiro atoms. The number of fused-ring (bicyclic) bond motifs is 1. The SMILES string of the molecule is O=C1CC(C(=O)Nc2cccc3ccccc23)CN1. The molecule has 1 fully saturated rings. The van der Waals surface area contributed by atoms with Gasteiger partial charge in [-0.3, -0.25) is 9.59 Å². The number of anilines is 1. The van der Waals surface area contributed by atoms with Crippen LogP contribution >= 0.6 is 0 Å². The van der Waals surface area contributed by atoms with Gasteiger partial charge in [0, 0.05) is 24.0 Å². The summed E-state index contributed by atoms with van der Waals surface area (Å²) in [4.78, 5) is 23.2. The van der Waals surface area contributed by atoms with Gasteiger partial charge < -0.3 is 10.6 Å². The zero-order valence-electron chi connectivity index (χ0n) is 10.3. The van der Waals surface area contributed by atoms with Gasteiger partial charge in [0.05, 0.1) is 5.92 Å². The summed E-state index contributed by atoms with van der Waals surface area (Å²) in [7, 11) is 0. The molecule has 0 radical (unpaired) electrons. The molecule has 2 aromatic carbocycles. The molecule has 1 aliphatic rings. The fraction of sp³-hybridized carbons (Fsp3) is 0.200. The van der Waals surface area contributed by atoms with Gasteiger partial charge in [-0.05, 0) is 11.5 Å². The van der Waals surface area contributed by atoms with Crippen LogP contribution in [0, 0.1) is 5.92 Å². The van der Waals surface area contributed by atoms with E-state index in [1.165, 1.54) is 0 Å². The van der Waals surface area contributed by atoms with Crippen LogP contribution in [0.15, 0.2) is 42.5 Å². The minimum Gasteiger partial charge on any atom is -0.355 e. The van der Waals surface area contributed by atoms with E-state index in [2.05, 4.69) is 10.6 Å². The van der Waals surface area contributed by atoms with Crippen LogP contribution in [0.3, 0.4) is 0 Å². The lowest BCUT2D eigenvalue weighted by atomic mass is 10.1. The van der Waals surface area contributed by atoms with E-state index in [4.69, 9.17) is 0 Å². The van der Waals surface area contributed by atoms with Crippen LogP contribution < -0.4 is 10.6 Å². The summed E-state index contributed by atoms with van der Waals surface area (Å²) in [5.41, 5.74) is 0.794. The van der Waals surface area contributed by atoms with Gasteiger partial charge >= 0.3 is 0 Å². The first kappa shape index (κ1) is 11.7. The molecular formula is C15H14N2O2. The fourth-order valence-corrected chi connectivity index (χ4v) is 2.36. The summed E-state index contributed by atoms with van der Waals surface area (Å²) in [6.07, 6.45) is 0.274. The monoisotopic (exact) mass is 254 g/mol. The highest BCUT2D eigenvalue weighted by Crippen LogP contribution is 2.24. The highest BCUT2D eigenvalue weighted by molar-refractivity contribution is 6.04. The number of hydrogen-bond acceptors (Lipinski definition) is 2. The summed E-state index contributed by atoms with van der Waals surface area (Å²) in [5, 5.41) is 7.68. The summed E-state index contributed by atoms with van der Waals surface area (Å²) in [6.45, 7) is 0.426. The molecule has 1 atom stereocenters. The maximum Gasteiger partial charge on any atom is 0.229 e. The molecule has 96 valence electrons. The molecule has 0 bridgehead atoms. The highest BCUT2D eigenvalue weighted by Gasteiger charge is 2.28. The van der Waals surface area contributed by atoms with Crippen molar-refractivity contribution < 1.29 is 9.59 Å². The van der Waals surface area contributed by atoms with Crippen molar-refractivity contribution in [2.45, 2.75) is 6.42 Å². The number of rotatable bonds is 2. The van der Waals surface area contributed by atoms with Crippen molar-refractivity contribution in [3.8, 4) is 0 Å². The zero-order chi connectivity index (χ0) is 13.2. The van der Waals surface area contributed by atoms with Crippen molar-refractivity contribution in [1.82, 2.24) is 5.32 Å². The number of hydrogen-bond donors (Lipinski definition) is 2. The van der Waals surface area contributed by atoms with Crippen LogP contribution in [0.2, 0.25) is 0 Å². The van der Waals surface area contributed by atoms with Crippen molar-refractivity contribution >= 4 is 28.3 Å². The summed E-state index contributed by atoms with van der Waals surface area (Å²) < 4.78 is 0. The zero-order valence-corrected chi connectivity index (χ0v) is 10.3. The van der Waals surface area contributed by atoms with Crippen LogP contribution in [0.25, 0.3) is 10.8 Å². The molecule has 4 heteroatoms. The Morgan fingerprint density at radius 3 is 2.74 bits per heavy atom. The van der Waals surface area contributed by atoms with Gasteiger partial charge in [0.1, 0.15) is 0 Å². The number of nitrogens with one attached hydrogen (secondary N) is 2. The molecule has 2 aromatic rings. The number of amides is 2. The third kappa shape index (κ3) is 2.29.